The Bertz CT molecular complexity index is 406. The lowest BCUT2D eigenvalue weighted by molar-refractivity contribution is -0.150. The van der Waals surface area contributed by atoms with E-state index < -0.39 is 18.1 Å². The van der Waals surface area contributed by atoms with Crippen molar-refractivity contribution in [2.45, 2.75) is 6.10 Å². The van der Waals surface area contributed by atoms with Crippen LogP contribution in [0.3, 0.4) is 0 Å². The molecule has 2 amide bonds. The fraction of sp³-hybridized carbons (Fsp3) is 0.200. The number of ether oxygens (including phenoxy) is 1. The Morgan fingerprint density at radius 3 is 2.75 bits per heavy atom. The predicted molar refractivity (Wildman–Crippen MR) is 56.6 cm³/mol. The Balaban J connectivity index is 2.89. The van der Waals surface area contributed by atoms with E-state index in [0.717, 1.165) is 0 Å². The van der Waals surface area contributed by atoms with Gasteiger partial charge in [-0.3, -0.25) is 0 Å². The molecule has 0 fully saturated rings. The Morgan fingerprint density at radius 1 is 1.50 bits per heavy atom. The highest BCUT2D eigenvalue weighted by molar-refractivity contribution is 5.88. The number of urea groups is 1. The number of nitrogens with one attached hydrogen (secondary N) is 1. The molecule has 0 saturated carbocycles. The number of anilines is 1. The maximum Gasteiger partial charge on any atom is 0.339 e. The van der Waals surface area contributed by atoms with Gasteiger partial charge >= 0.3 is 12.0 Å². The van der Waals surface area contributed by atoms with Crippen LogP contribution in [0.5, 0.6) is 0 Å². The first kappa shape index (κ1) is 12.0. The molecule has 0 radical (unpaired) electrons. The minimum Gasteiger partial charge on any atom is -0.467 e. The maximum atomic E-state index is 11.1. The summed E-state index contributed by atoms with van der Waals surface area (Å²) in [6.07, 6.45) is -1.38. The normalized spacial score (nSPS) is 11.6. The zero-order valence-electron chi connectivity index (χ0n) is 8.64. The minimum absolute atomic E-state index is 0.318. The van der Waals surface area contributed by atoms with Gasteiger partial charge in [0, 0.05) is 5.69 Å². The molecular formula is C10H12N2O4. The van der Waals surface area contributed by atoms with Crippen molar-refractivity contribution in [2.24, 2.45) is 5.73 Å². The van der Waals surface area contributed by atoms with Crippen LogP contribution in [-0.4, -0.2) is 24.2 Å². The number of benzene rings is 1. The molecule has 0 spiro atoms. The summed E-state index contributed by atoms with van der Waals surface area (Å²) in [6.45, 7) is 0. The topological polar surface area (TPSA) is 102 Å². The molecule has 86 valence electrons. The summed E-state index contributed by atoms with van der Waals surface area (Å²) >= 11 is 0. The fourth-order valence-electron chi connectivity index (χ4n) is 1.18. The number of nitrogens with two attached hydrogens (primary N) is 1. The smallest absolute Gasteiger partial charge is 0.339 e. The standard InChI is InChI=1S/C10H12N2O4/c1-16-9(14)8(13)6-3-2-4-7(5-6)12-10(11)15/h2-5,8,13H,1H3,(H3,11,12,15). The molecule has 0 heterocycles. The second-order valence-electron chi connectivity index (χ2n) is 3.04. The molecule has 16 heavy (non-hydrogen) atoms. The third-order valence-corrected chi connectivity index (χ3v) is 1.89. The van der Waals surface area contributed by atoms with E-state index in [1.54, 1.807) is 12.1 Å². The lowest BCUT2D eigenvalue weighted by Crippen LogP contribution is -2.19. The number of hydrogen-bond acceptors (Lipinski definition) is 4. The van der Waals surface area contributed by atoms with Crippen LogP contribution in [0, 0.1) is 0 Å². The molecule has 1 unspecified atom stereocenters. The number of aliphatic hydroxyl groups is 1. The quantitative estimate of drug-likeness (QED) is 0.646. The monoisotopic (exact) mass is 224 g/mol. The van der Waals surface area contributed by atoms with Crippen molar-refractivity contribution >= 4 is 17.7 Å². The van der Waals surface area contributed by atoms with Crippen LogP contribution in [0.15, 0.2) is 24.3 Å². The molecule has 0 aliphatic carbocycles. The lowest BCUT2D eigenvalue weighted by atomic mass is 10.1. The van der Waals surface area contributed by atoms with Gasteiger partial charge in [-0.05, 0) is 17.7 Å². The molecule has 6 heteroatoms. The molecule has 1 aromatic carbocycles. The first-order chi connectivity index (χ1) is 7.54. The fourth-order valence-corrected chi connectivity index (χ4v) is 1.18. The number of amides is 2. The summed E-state index contributed by atoms with van der Waals surface area (Å²) in [5, 5.41) is 11.9. The second-order valence-corrected chi connectivity index (χ2v) is 3.04. The molecule has 0 bridgehead atoms. The van der Waals surface area contributed by atoms with Gasteiger partial charge in [-0.25, -0.2) is 9.59 Å². The summed E-state index contributed by atoms with van der Waals surface area (Å²) in [5.74, 6) is -0.767. The average molecular weight is 224 g/mol. The van der Waals surface area contributed by atoms with Gasteiger partial charge in [0.25, 0.3) is 0 Å². The molecule has 0 aromatic heterocycles. The Kier molecular flexibility index (Phi) is 3.84. The van der Waals surface area contributed by atoms with Crippen LogP contribution >= 0.6 is 0 Å². The van der Waals surface area contributed by atoms with Gasteiger partial charge in [0.15, 0.2) is 6.10 Å². The molecule has 0 aliphatic heterocycles. The first-order valence-corrected chi connectivity index (χ1v) is 4.47. The average Bonchev–Trinajstić information content (AvgIpc) is 2.26. The summed E-state index contributed by atoms with van der Waals surface area (Å²) < 4.78 is 4.39. The molecule has 1 rings (SSSR count). The summed E-state index contributed by atoms with van der Waals surface area (Å²) in [5.41, 5.74) is 5.65. The van der Waals surface area contributed by atoms with Crippen molar-refractivity contribution in [1.29, 1.82) is 0 Å². The third kappa shape index (κ3) is 2.96. The number of carbonyl (C=O) groups excluding carboxylic acids is 2. The lowest BCUT2D eigenvalue weighted by Gasteiger charge is -2.10. The zero-order valence-corrected chi connectivity index (χ0v) is 8.64. The highest BCUT2D eigenvalue weighted by Crippen LogP contribution is 2.18. The zero-order chi connectivity index (χ0) is 12.1. The predicted octanol–water partition coefficient (Wildman–Crippen LogP) is 0.384. The number of methoxy groups -OCH3 is 1. The van der Waals surface area contributed by atoms with E-state index in [0.29, 0.717) is 11.3 Å². The maximum absolute atomic E-state index is 11.1. The number of primary amides is 1. The highest BCUT2D eigenvalue weighted by atomic mass is 16.5. The number of hydrogen-bond donors (Lipinski definition) is 3. The van der Waals surface area contributed by atoms with Gasteiger partial charge in [-0.1, -0.05) is 12.1 Å². The molecule has 1 aromatic rings. The van der Waals surface area contributed by atoms with Crippen molar-refractivity contribution in [2.75, 3.05) is 12.4 Å². The van der Waals surface area contributed by atoms with Crippen molar-refractivity contribution in [1.82, 2.24) is 0 Å². The van der Waals surface area contributed by atoms with E-state index in [-0.39, 0.29) is 0 Å². The van der Waals surface area contributed by atoms with Crippen LogP contribution in [0.25, 0.3) is 0 Å². The van der Waals surface area contributed by atoms with E-state index in [2.05, 4.69) is 10.1 Å². The van der Waals surface area contributed by atoms with E-state index in [1.807, 2.05) is 0 Å². The largest absolute Gasteiger partial charge is 0.467 e. The number of aliphatic hydroxyl groups excluding tert-OH is 1. The third-order valence-electron chi connectivity index (χ3n) is 1.89. The SMILES string of the molecule is COC(=O)C(O)c1cccc(NC(N)=O)c1. The highest BCUT2D eigenvalue weighted by Gasteiger charge is 2.17. The first-order valence-electron chi connectivity index (χ1n) is 4.47. The Morgan fingerprint density at radius 2 is 2.19 bits per heavy atom. The van der Waals surface area contributed by atoms with Gasteiger partial charge < -0.3 is 20.9 Å². The van der Waals surface area contributed by atoms with E-state index >= 15 is 0 Å². The van der Waals surface area contributed by atoms with Crippen molar-refractivity contribution < 1.29 is 19.4 Å². The molecule has 1 atom stereocenters. The van der Waals surface area contributed by atoms with Crippen molar-refractivity contribution in [3.05, 3.63) is 29.8 Å². The number of carbonyl (C=O) groups is 2. The van der Waals surface area contributed by atoms with Crippen LogP contribution in [-0.2, 0) is 9.53 Å². The summed E-state index contributed by atoms with van der Waals surface area (Å²) in [7, 11) is 1.18. The Hall–Kier alpha value is -2.08. The Labute approximate surface area is 92.0 Å². The van der Waals surface area contributed by atoms with E-state index in [1.165, 1.54) is 19.2 Å². The molecule has 0 aliphatic rings. The van der Waals surface area contributed by atoms with Crippen LogP contribution < -0.4 is 11.1 Å². The van der Waals surface area contributed by atoms with E-state index in [9.17, 15) is 14.7 Å². The number of esters is 1. The molecule has 0 saturated heterocycles. The molecule has 4 N–H and O–H groups in total. The molecular weight excluding hydrogens is 212 g/mol. The van der Waals surface area contributed by atoms with Crippen LogP contribution in [0.4, 0.5) is 10.5 Å². The van der Waals surface area contributed by atoms with Gasteiger partial charge in [-0.15, -0.1) is 0 Å². The van der Waals surface area contributed by atoms with Crippen molar-refractivity contribution in [3.63, 3.8) is 0 Å². The minimum atomic E-state index is -1.38. The van der Waals surface area contributed by atoms with Gasteiger partial charge in [0.2, 0.25) is 0 Å². The summed E-state index contributed by atoms with van der Waals surface area (Å²) in [6, 6.07) is 5.41. The van der Waals surface area contributed by atoms with E-state index in [4.69, 9.17) is 5.73 Å². The number of rotatable bonds is 3. The summed E-state index contributed by atoms with van der Waals surface area (Å²) in [4.78, 5) is 21.7. The molecule has 6 nitrogen and oxygen atoms in total. The van der Waals surface area contributed by atoms with Crippen LogP contribution in [0.1, 0.15) is 11.7 Å². The van der Waals surface area contributed by atoms with Crippen molar-refractivity contribution in [3.8, 4) is 0 Å². The van der Waals surface area contributed by atoms with Crippen LogP contribution in [0.2, 0.25) is 0 Å². The van der Waals surface area contributed by atoms with Gasteiger partial charge in [0.05, 0.1) is 7.11 Å². The second kappa shape index (κ2) is 5.13. The van der Waals surface area contributed by atoms with Gasteiger partial charge in [-0.2, -0.15) is 0 Å². The van der Waals surface area contributed by atoms with Gasteiger partial charge in [0.1, 0.15) is 0 Å².